The minimum atomic E-state index is -0.403. The fraction of sp³-hybridized carbons (Fsp3) is 0.364. The first kappa shape index (κ1) is 9.83. The molecule has 0 unspecified atom stereocenters. The molecule has 0 spiro atoms. The largest absolute Gasteiger partial charge is 0.489 e. The zero-order chi connectivity index (χ0) is 10.7. The molecule has 1 aliphatic rings. The van der Waals surface area contributed by atoms with Gasteiger partial charge in [0.15, 0.2) is 6.04 Å². The van der Waals surface area contributed by atoms with E-state index in [9.17, 15) is 4.79 Å². The molecule has 4 nitrogen and oxygen atoms in total. The van der Waals surface area contributed by atoms with Gasteiger partial charge in [-0.25, -0.2) is 4.79 Å². The van der Waals surface area contributed by atoms with Crippen molar-refractivity contribution in [3.8, 4) is 5.75 Å². The normalized spacial score (nSPS) is 18.3. The molecule has 4 heteroatoms. The van der Waals surface area contributed by atoms with Crippen LogP contribution in [-0.2, 0) is 9.53 Å². The van der Waals surface area contributed by atoms with Crippen molar-refractivity contribution >= 4 is 11.7 Å². The van der Waals surface area contributed by atoms with E-state index >= 15 is 0 Å². The summed E-state index contributed by atoms with van der Waals surface area (Å²) in [6.45, 7) is 2.49. The van der Waals surface area contributed by atoms with Crippen LogP contribution < -0.4 is 10.1 Å². The minimum Gasteiger partial charge on any atom is -0.489 e. The van der Waals surface area contributed by atoms with Crippen LogP contribution in [0.4, 0.5) is 5.69 Å². The van der Waals surface area contributed by atoms with Crippen LogP contribution in [0.5, 0.6) is 5.75 Å². The number of anilines is 1. The third kappa shape index (κ3) is 2.03. The molecule has 0 saturated carbocycles. The summed E-state index contributed by atoms with van der Waals surface area (Å²) in [5, 5.41) is 3.08. The topological polar surface area (TPSA) is 47.6 Å². The van der Waals surface area contributed by atoms with E-state index in [-0.39, 0.29) is 5.97 Å². The van der Waals surface area contributed by atoms with E-state index in [1.807, 2.05) is 24.3 Å². The van der Waals surface area contributed by atoms with Crippen LogP contribution >= 0.6 is 0 Å². The molecule has 0 aliphatic carbocycles. The number of nitrogens with one attached hydrogen (secondary N) is 1. The van der Waals surface area contributed by atoms with Gasteiger partial charge in [-0.15, -0.1) is 0 Å². The highest BCUT2D eigenvalue weighted by molar-refractivity contribution is 5.81. The van der Waals surface area contributed by atoms with Crippen molar-refractivity contribution < 1.29 is 14.3 Å². The first-order valence-corrected chi connectivity index (χ1v) is 4.96. The van der Waals surface area contributed by atoms with Crippen LogP contribution in [0.1, 0.15) is 6.92 Å². The van der Waals surface area contributed by atoms with Crippen molar-refractivity contribution in [2.75, 3.05) is 18.5 Å². The van der Waals surface area contributed by atoms with Crippen molar-refractivity contribution in [1.82, 2.24) is 0 Å². The van der Waals surface area contributed by atoms with E-state index in [2.05, 4.69) is 5.32 Å². The van der Waals surface area contributed by atoms with Gasteiger partial charge in [0.2, 0.25) is 0 Å². The molecule has 1 atom stereocenters. The van der Waals surface area contributed by atoms with Crippen molar-refractivity contribution in [1.29, 1.82) is 0 Å². The predicted molar refractivity (Wildman–Crippen MR) is 56.0 cm³/mol. The second-order valence-corrected chi connectivity index (χ2v) is 3.26. The molecule has 15 heavy (non-hydrogen) atoms. The summed E-state index contributed by atoms with van der Waals surface area (Å²) in [6.07, 6.45) is 0. The predicted octanol–water partition coefficient (Wildman–Crippen LogP) is 1.42. The number of rotatable bonds is 2. The Labute approximate surface area is 88.2 Å². The van der Waals surface area contributed by atoms with Crippen molar-refractivity contribution in [3.05, 3.63) is 24.3 Å². The summed E-state index contributed by atoms with van der Waals surface area (Å²) >= 11 is 0. The van der Waals surface area contributed by atoms with E-state index in [1.54, 1.807) is 6.92 Å². The van der Waals surface area contributed by atoms with Gasteiger partial charge in [0.1, 0.15) is 12.4 Å². The quantitative estimate of drug-likeness (QED) is 0.745. The standard InChI is InChI=1S/C11H13NO3/c1-2-14-11(13)9-7-15-10-6-4-3-5-8(10)12-9/h3-6,9,12H,2,7H2,1H3/t9-/m0/s1. The van der Waals surface area contributed by atoms with Crippen molar-refractivity contribution in [3.63, 3.8) is 0 Å². The first-order valence-electron chi connectivity index (χ1n) is 4.96. The summed E-state index contributed by atoms with van der Waals surface area (Å²) < 4.78 is 10.4. The van der Waals surface area contributed by atoms with E-state index in [4.69, 9.17) is 9.47 Å². The van der Waals surface area contributed by atoms with E-state index in [0.29, 0.717) is 13.2 Å². The van der Waals surface area contributed by atoms with Gasteiger partial charge in [-0.1, -0.05) is 12.1 Å². The van der Waals surface area contributed by atoms with Crippen LogP contribution in [0.25, 0.3) is 0 Å². The van der Waals surface area contributed by atoms with E-state index in [1.165, 1.54) is 0 Å². The van der Waals surface area contributed by atoms with Crippen LogP contribution in [0.3, 0.4) is 0 Å². The molecule has 1 heterocycles. The van der Waals surface area contributed by atoms with Gasteiger partial charge in [0.05, 0.1) is 12.3 Å². The van der Waals surface area contributed by atoms with E-state index < -0.39 is 6.04 Å². The van der Waals surface area contributed by atoms with Gasteiger partial charge < -0.3 is 14.8 Å². The minimum absolute atomic E-state index is 0.271. The van der Waals surface area contributed by atoms with E-state index in [0.717, 1.165) is 11.4 Å². The average Bonchev–Trinajstić information content (AvgIpc) is 2.29. The molecule has 1 N–H and O–H groups in total. The molecular weight excluding hydrogens is 194 g/mol. The van der Waals surface area contributed by atoms with Crippen LogP contribution in [-0.4, -0.2) is 25.2 Å². The lowest BCUT2D eigenvalue weighted by Gasteiger charge is -2.25. The summed E-state index contributed by atoms with van der Waals surface area (Å²) in [7, 11) is 0. The molecule has 0 amide bonds. The van der Waals surface area contributed by atoms with Crippen LogP contribution in [0, 0.1) is 0 Å². The van der Waals surface area contributed by atoms with Gasteiger partial charge in [-0.2, -0.15) is 0 Å². The number of para-hydroxylation sites is 2. The summed E-state index contributed by atoms with van der Waals surface area (Å²) in [5.74, 6) is 0.505. The summed E-state index contributed by atoms with van der Waals surface area (Å²) in [5.41, 5.74) is 0.835. The van der Waals surface area contributed by atoms with Crippen LogP contribution in [0.2, 0.25) is 0 Å². The molecule has 1 aliphatic heterocycles. The Morgan fingerprint density at radius 3 is 3.20 bits per heavy atom. The smallest absolute Gasteiger partial charge is 0.332 e. The Bertz CT molecular complexity index is 365. The summed E-state index contributed by atoms with van der Waals surface area (Å²) in [6, 6.07) is 7.12. The lowest BCUT2D eigenvalue weighted by atomic mass is 10.2. The van der Waals surface area contributed by atoms with Gasteiger partial charge in [-0.05, 0) is 19.1 Å². The zero-order valence-corrected chi connectivity index (χ0v) is 8.53. The van der Waals surface area contributed by atoms with Crippen molar-refractivity contribution in [2.45, 2.75) is 13.0 Å². The maximum atomic E-state index is 11.4. The summed E-state index contributed by atoms with van der Waals surface area (Å²) in [4.78, 5) is 11.4. The average molecular weight is 207 g/mol. The molecule has 1 aromatic rings. The molecule has 2 rings (SSSR count). The van der Waals surface area contributed by atoms with Gasteiger partial charge >= 0.3 is 5.97 Å². The molecule has 80 valence electrons. The Hall–Kier alpha value is -1.71. The second kappa shape index (κ2) is 4.21. The molecule has 0 saturated heterocycles. The molecule has 0 bridgehead atoms. The molecule has 0 fully saturated rings. The second-order valence-electron chi connectivity index (χ2n) is 3.26. The SMILES string of the molecule is CCOC(=O)[C@@H]1COc2ccccc2N1. The lowest BCUT2D eigenvalue weighted by molar-refractivity contribution is -0.144. The maximum absolute atomic E-state index is 11.4. The van der Waals surface area contributed by atoms with Gasteiger partial charge in [-0.3, -0.25) is 0 Å². The Morgan fingerprint density at radius 1 is 1.60 bits per heavy atom. The molecule has 0 aromatic heterocycles. The number of fused-ring (bicyclic) bond motifs is 1. The number of carbonyl (C=O) groups excluding carboxylic acids is 1. The highest BCUT2D eigenvalue weighted by atomic mass is 16.5. The third-order valence-electron chi connectivity index (χ3n) is 2.19. The number of hydrogen-bond donors (Lipinski definition) is 1. The number of ether oxygens (including phenoxy) is 2. The number of hydrogen-bond acceptors (Lipinski definition) is 4. The van der Waals surface area contributed by atoms with Gasteiger partial charge in [0, 0.05) is 0 Å². The third-order valence-corrected chi connectivity index (χ3v) is 2.19. The maximum Gasteiger partial charge on any atom is 0.332 e. The van der Waals surface area contributed by atoms with Gasteiger partial charge in [0.25, 0.3) is 0 Å². The Balaban J connectivity index is 2.08. The monoisotopic (exact) mass is 207 g/mol. The molecule has 1 aromatic carbocycles. The first-order chi connectivity index (χ1) is 7.31. The zero-order valence-electron chi connectivity index (χ0n) is 8.53. The fourth-order valence-electron chi connectivity index (χ4n) is 1.48. The number of esters is 1. The molecular formula is C11H13NO3. The van der Waals surface area contributed by atoms with Crippen LogP contribution in [0.15, 0.2) is 24.3 Å². The number of benzene rings is 1. The Morgan fingerprint density at radius 2 is 2.40 bits per heavy atom. The lowest BCUT2D eigenvalue weighted by Crippen LogP contribution is -2.39. The number of carbonyl (C=O) groups is 1. The highest BCUT2D eigenvalue weighted by Crippen LogP contribution is 2.28. The molecule has 0 radical (unpaired) electrons. The fourth-order valence-corrected chi connectivity index (χ4v) is 1.48. The highest BCUT2D eigenvalue weighted by Gasteiger charge is 2.25. The Kier molecular flexibility index (Phi) is 2.76. The van der Waals surface area contributed by atoms with Crippen molar-refractivity contribution in [2.24, 2.45) is 0 Å².